The van der Waals surface area contributed by atoms with Crippen molar-refractivity contribution in [1.82, 2.24) is 0 Å². The van der Waals surface area contributed by atoms with Crippen molar-refractivity contribution in [2.45, 2.75) is 64.1 Å². The average Bonchev–Trinajstić information content (AvgIpc) is 2.28. The van der Waals surface area contributed by atoms with E-state index < -0.39 is 32.6 Å². The van der Waals surface area contributed by atoms with Crippen molar-refractivity contribution in [3.8, 4) is 0 Å². The molecule has 0 radical (unpaired) electrons. The molecule has 1 rings (SSSR count). The number of esters is 1. The van der Waals surface area contributed by atoms with Gasteiger partial charge >= 0.3 is 5.97 Å². The van der Waals surface area contributed by atoms with E-state index in [0.29, 0.717) is 6.61 Å². The van der Waals surface area contributed by atoms with Gasteiger partial charge in [0.25, 0.3) is 0 Å². The third-order valence-corrected chi connectivity index (χ3v) is 8.45. The molecule has 3 atom stereocenters. The maximum atomic E-state index is 11.1. The molecule has 0 fully saturated rings. The monoisotopic (exact) mass is 302 g/mol. The number of carbonyl (C=O) groups is 1. The number of hydrogen-bond acceptors (Lipinski definition) is 5. The molecule has 0 bridgehead atoms. The van der Waals surface area contributed by atoms with Gasteiger partial charge in [-0.25, -0.2) is 0 Å². The highest BCUT2D eigenvalue weighted by Gasteiger charge is 2.40. The lowest BCUT2D eigenvalue weighted by Crippen LogP contribution is -2.49. The fourth-order valence-electron chi connectivity index (χ4n) is 1.61. The Hall–Kier alpha value is -0.853. The molecular formula is C14H26O5Si. The highest BCUT2D eigenvalue weighted by molar-refractivity contribution is 6.74. The lowest BCUT2D eigenvalue weighted by molar-refractivity contribution is -0.164. The molecule has 1 aliphatic rings. The van der Waals surface area contributed by atoms with Crippen LogP contribution < -0.4 is 0 Å². The zero-order chi connectivity index (χ0) is 15.6. The molecule has 1 heterocycles. The first-order valence-corrected chi connectivity index (χ1v) is 9.77. The van der Waals surface area contributed by atoms with Gasteiger partial charge in [-0.15, -0.1) is 0 Å². The van der Waals surface area contributed by atoms with Gasteiger partial charge in [0.05, 0.1) is 12.9 Å². The summed E-state index contributed by atoms with van der Waals surface area (Å²) in [4.78, 5) is 11.1. The lowest BCUT2D eigenvalue weighted by Gasteiger charge is -2.39. The molecule has 0 spiro atoms. The van der Waals surface area contributed by atoms with E-state index in [1.54, 1.807) is 0 Å². The first kappa shape index (κ1) is 17.2. The van der Waals surface area contributed by atoms with Crippen LogP contribution in [0.4, 0.5) is 0 Å². The molecule has 0 aromatic carbocycles. The highest BCUT2D eigenvalue weighted by atomic mass is 28.4. The van der Waals surface area contributed by atoms with Crippen LogP contribution in [0, 0.1) is 0 Å². The third kappa shape index (κ3) is 4.33. The van der Waals surface area contributed by atoms with Gasteiger partial charge < -0.3 is 19.0 Å². The van der Waals surface area contributed by atoms with Gasteiger partial charge in [-0.1, -0.05) is 20.8 Å². The first-order chi connectivity index (χ1) is 9.04. The molecular weight excluding hydrogens is 276 g/mol. The molecule has 0 aromatic rings. The molecule has 0 saturated carbocycles. The SMILES string of the molecule is CC(=O)O[C@H]1[C@H](O)C=CO[C@@H]1CO[Si](C)(C)C(C)(C)C. The Morgan fingerprint density at radius 2 is 2.00 bits per heavy atom. The summed E-state index contributed by atoms with van der Waals surface area (Å²) in [6, 6.07) is 0. The second-order valence-electron chi connectivity index (χ2n) is 6.64. The quantitative estimate of drug-likeness (QED) is 0.637. The van der Waals surface area contributed by atoms with Crippen molar-refractivity contribution in [3.63, 3.8) is 0 Å². The summed E-state index contributed by atoms with van der Waals surface area (Å²) in [6.07, 6.45) is 0.844. The van der Waals surface area contributed by atoms with Gasteiger partial charge in [0, 0.05) is 6.92 Å². The second-order valence-corrected chi connectivity index (χ2v) is 11.4. The van der Waals surface area contributed by atoms with E-state index in [1.165, 1.54) is 19.3 Å². The summed E-state index contributed by atoms with van der Waals surface area (Å²) < 4.78 is 16.7. The maximum Gasteiger partial charge on any atom is 0.303 e. The number of ether oxygens (including phenoxy) is 2. The van der Waals surface area contributed by atoms with E-state index in [-0.39, 0.29) is 5.04 Å². The van der Waals surface area contributed by atoms with Crippen LogP contribution in [0.1, 0.15) is 27.7 Å². The van der Waals surface area contributed by atoms with Crippen LogP contribution in [-0.4, -0.2) is 44.3 Å². The largest absolute Gasteiger partial charge is 0.492 e. The predicted molar refractivity (Wildman–Crippen MR) is 78.7 cm³/mol. The van der Waals surface area contributed by atoms with E-state index in [2.05, 4.69) is 33.9 Å². The van der Waals surface area contributed by atoms with Crippen molar-refractivity contribution in [2.24, 2.45) is 0 Å². The van der Waals surface area contributed by atoms with Crippen LogP contribution in [0.15, 0.2) is 12.3 Å². The van der Waals surface area contributed by atoms with E-state index in [4.69, 9.17) is 13.9 Å². The Balaban J connectivity index is 2.69. The standard InChI is InChI=1S/C14H26O5Si/c1-10(15)19-13-11(16)7-8-17-12(13)9-18-20(5,6)14(2,3)4/h7-8,11-13,16H,9H2,1-6H3/t11-,12-,13+/m1/s1. The van der Waals surface area contributed by atoms with Crippen LogP contribution >= 0.6 is 0 Å². The third-order valence-electron chi connectivity index (χ3n) is 3.95. The summed E-state index contributed by atoms with van der Waals surface area (Å²) in [6.45, 7) is 12.4. The molecule has 0 amide bonds. The normalized spacial score (nSPS) is 27.1. The number of rotatable bonds is 4. The van der Waals surface area contributed by atoms with Gasteiger partial charge in [0.2, 0.25) is 0 Å². The van der Waals surface area contributed by atoms with Gasteiger partial charge in [-0.3, -0.25) is 4.79 Å². The molecule has 0 saturated heterocycles. The highest BCUT2D eigenvalue weighted by Crippen LogP contribution is 2.37. The number of carbonyl (C=O) groups excluding carboxylic acids is 1. The minimum absolute atomic E-state index is 0.0903. The Bertz CT molecular complexity index is 372. The summed E-state index contributed by atoms with van der Waals surface area (Å²) in [5.41, 5.74) is 0. The average molecular weight is 302 g/mol. The molecule has 116 valence electrons. The number of aliphatic hydroxyl groups is 1. The van der Waals surface area contributed by atoms with Gasteiger partial charge in [0.15, 0.2) is 20.5 Å². The predicted octanol–water partition coefficient (Wildman–Crippen LogP) is 2.21. The molecule has 0 aliphatic carbocycles. The van der Waals surface area contributed by atoms with Gasteiger partial charge in [-0.2, -0.15) is 0 Å². The van der Waals surface area contributed by atoms with Crippen molar-refractivity contribution in [3.05, 3.63) is 12.3 Å². The van der Waals surface area contributed by atoms with Crippen molar-refractivity contribution in [2.75, 3.05) is 6.61 Å². The Kier molecular flexibility index (Phi) is 5.40. The molecule has 1 aliphatic heterocycles. The smallest absolute Gasteiger partial charge is 0.303 e. The molecule has 1 N–H and O–H groups in total. The minimum atomic E-state index is -1.91. The van der Waals surface area contributed by atoms with Crippen LogP contribution in [0.5, 0.6) is 0 Å². The van der Waals surface area contributed by atoms with E-state index >= 15 is 0 Å². The number of hydrogen-bond donors (Lipinski definition) is 1. The van der Waals surface area contributed by atoms with Crippen molar-refractivity contribution in [1.29, 1.82) is 0 Å². The summed E-state index contributed by atoms with van der Waals surface area (Å²) in [7, 11) is -1.91. The fourth-order valence-corrected chi connectivity index (χ4v) is 2.63. The second kappa shape index (κ2) is 6.28. The molecule has 6 heteroatoms. The lowest BCUT2D eigenvalue weighted by atomic mass is 10.1. The molecule has 0 unspecified atom stereocenters. The molecule has 0 aromatic heterocycles. The van der Waals surface area contributed by atoms with E-state index in [0.717, 1.165) is 0 Å². The number of aliphatic hydroxyl groups excluding tert-OH is 1. The van der Waals surface area contributed by atoms with Crippen LogP contribution in [-0.2, 0) is 18.7 Å². The maximum absolute atomic E-state index is 11.1. The first-order valence-electron chi connectivity index (χ1n) is 6.86. The Morgan fingerprint density at radius 1 is 1.40 bits per heavy atom. The summed E-state index contributed by atoms with van der Waals surface area (Å²) >= 11 is 0. The summed E-state index contributed by atoms with van der Waals surface area (Å²) in [5, 5.41) is 9.98. The summed E-state index contributed by atoms with van der Waals surface area (Å²) in [5.74, 6) is -0.440. The fraction of sp³-hybridized carbons (Fsp3) is 0.786. The molecule has 20 heavy (non-hydrogen) atoms. The Morgan fingerprint density at radius 3 is 2.50 bits per heavy atom. The van der Waals surface area contributed by atoms with Crippen LogP contribution in [0.25, 0.3) is 0 Å². The van der Waals surface area contributed by atoms with Crippen LogP contribution in [0.3, 0.4) is 0 Å². The topological polar surface area (TPSA) is 65.0 Å². The van der Waals surface area contributed by atoms with Gasteiger partial charge in [0.1, 0.15) is 6.10 Å². The Labute approximate surface area is 122 Å². The van der Waals surface area contributed by atoms with Gasteiger partial charge in [-0.05, 0) is 24.2 Å². The van der Waals surface area contributed by atoms with Crippen molar-refractivity contribution >= 4 is 14.3 Å². The zero-order valence-corrected chi connectivity index (χ0v) is 14.2. The van der Waals surface area contributed by atoms with E-state index in [9.17, 15) is 9.90 Å². The molecule has 5 nitrogen and oxygen atoms in total. The van der Waals surface area contributed by atoms with Crippen molar-refractivity contribution < 1.29 is 23.8 Å². The van der Waals surface area contributed by atoms with E-state index in [1.807, 2.05) is 0 Å². The van der Waals surface area contributed by atoms with Crippen LogP contribution in [0.2, 0.25) is 18.1 Å². The minimum Gasteiger partial charge on any atom is -0.492 e. The zero-order valence-electron chi connectivity index (χ0n) is 13.2.